The number of carbonyl (C=O) groups is 1. The van der Waals surface area contributed by atoms with Crippen LogP contribution in [0.2, 0.25) is 0 Å². The Hall–Kier alpha value is -1.45. The summed E-state index contributed by atoms with van der Waals surface area (Å²) in [5, 5.41) is 6.13. The molecule has 2 saturated carbocycles. The molecule has 2 aliphatic carbocycles. The maximum absolute atomic E-state index is 11.9. The lowest BCUT2D eigenvalue weighted by Crippen LogP contribution is -2.43. The summed E-state index contributed by atoms with van der Waals surface area (Å²) in [7, 11) is 0. The second-order valence-corrected chi connectivity index (χ2v) is 6.98. The summed E-state index contributed by atoms with van der Waals surface area (Å²) in [6, 6.07) is 3.40. The molecule has 2 amide bonds. The van der Waals surface area contributed by atoms with Gasteiger partial charge in [-0.15, -0.1) is 0 Å². The van der Waals surface area contributed by atoms with E-state index in [1.807, 2.05) is 0 Å². The maximum atomic E-state index is 11.9. The van der Waals surface area contributed by atoms with E-state index in [0.717, 1.165) is 25.3 Å². The quantitative estimate of drug-likeness (QED) is 0.857. The highest BCUT2D eigenvalue weighted by atomic mass is 16.2. The molecule has 3 rings (SSSR count). The first-order valence-corrected chi connectivity index (χ1v) is 8.87. The Bertz CT molecular complexity index is 525. The average Bonchev–Trinajstić information content (AvgIpc) is 3.28. The van der Waals surface area contributed by atoms with Crippen LogP contribution in [-0.4, -0.2) is 23.2 Å². The maximum Gasteiger partial charge on any atom is 0.315 e. The van der Waals surface area contributed by atoms with Crippen molar-refractivity contribution in [3.63, 3.8) is 0 Å². The Morgan fingerprint density at radius 3 is 2.59 bits per heavy atom. The lowest BCUT2D eigenvalue weighted by molar-refractivity contribution is 0.233. The molecule has 0 atom stereocenters. The van der Waals surface area contributed by atoms with Gasteiger partial charge in [0, 0.05) is 30.0 Å². The Morgan fingerprint density at radius 1 is 1.18 bits per heavy atom. The van der Waals surface area contributed by atoms with Crippen LogP contribution in [0.15, 0.2) is 6.07 Å². The number of nitrogens with zero attached hydrogens (tertiary/aromatic N) is 1. The number of urea groups is 1. The van der Waals surface area contributed by atoms with Gasteiger partial charge in [-0.1, -0.05) is 19.3 Å². The van der Waals surface area contributed by atoms with Gasteiger partial charge >= 0.3 is 6.03 Å². The van der Waals surface area contributed by atoms with Crippen LogP contribution < -0.4 is 10.6 Å². The van der Waals surface area contributed by atoms with E-state index in [1.165, 1.54) is 49.1 Å². The summed E-state index contributed by atoms with van der Waals surface area (Å²) in [6.45, 7) is 5.12. The molecule has 0 bridgehead atoms. The molecule has 0 spiro atoms. The van der Waals surface area contributed by atoms with Crippen molar-refractivity contribution < 1.29 is 4.79 Å². The first-order valence-electron chi connectivity index (χ1n) is 8.87. The van der Waals surface area contributed by atoms with Gasteiger partial charge in [-0.2, -0.15) is 0 Å². The molecule has 122 valence electrons. The fourth-order valence-electron chi connectivity index (χ4n) is 3.79. The third kappa shape index (κ3) is 3.65. The van der Waals surface area contributed by atoms with E-state index < -0.39 is 0 Å². The van der Waals surface area contributed by atoms with Gasteiger partial charge in [0.2, 0.25) is 0 Å². The van der Waals surface area contributed by atoms with Crippen molar-refractivity contribution in [3.8, 4) is 0 Å². The Balaban J connectivity index is 1.44. The van der Waals surface area contributed by atoms with Gasteiger partial charge in [0.25, 0.3) is 0 Å². The van der Waals surface area contributed by atoms with Crippen LogP contribution in [0.5, 0.6) is 0 Å². The van der Waals surface area contributed by atoms with E-state index in [1.54, 1.807) is 0 Å². The minimum Gasteiger partial charge on any atom is -0.346 e. The molecule has 4 nitrogen and oxygen atoms in total. The van der Waals surface area contributed by atoms with E-state index in [4.69, 9.17) is 0 Å². The number of rotatable bonds is 5. The van der Waals surface area contributed by atoms with Crippen LogP contribution in [0.25, 0.3) is 0 Å². The highest BCUT2D eigenvalue weighted by molar-refractivity contribution is 5.74. The fraction of sp³-hybridized carbons (Fsp3) is 0.722. The molecule has 1 aromatic rings. The Kier molecular flexibility index (Phi) is 4.74. The second kappa shape index (κ2) is 6.76. The molecular formula is C18H29N3O. The molecule has 0 saturated heterocycles. The molecular weight excluding hydrogens is 274 g/mol. The fourth-order valence-corrected chi connectivity index (χ4v) is 3.79. The number of aromatic nitrogens is 1. The molecule has 2 aliphatic rings. The monoisotopic (exact) mass is 303 g/mol. The first kappa shape index (κ1) is 15.4. The molecule has 4 heteroatoms. The number of hydrogen-bond donors (Lipinski definition) is 2. The lowest BCUT2D eigenvalue weighted by Gasteiger charge is -2.22. The summed E-state index contributed by atoms with van der Waals surface area (Å²) >= 11 is 0. The van der Waals surface area contributed by atoms with E-state index in [-0.39, 0.29) is 6.03 Å². The van der Waals surface area contributed by atoms with E-state index in [2.05, 4.69) is 35.1 Å². The predicted octanol–water partition coefficient (Wildman–Crippen LogP) is 3.61. The highest BCUT2D eigenvalue weighted by Gasteiger charge is 2.26. The zero-order valence-corrected chi connectivity index (χ0v) is 14.0. The van der Waals surface area contributed by atoms with Crippen LogP contribution in [0.1, 0.15) is 67.9 Å². The summed E-state index contributed by atoms with van der Waals surface area (Å²) in [6.07, 6.45) is 9.64. The first-order chi connectivity index (χ1) is 10.6. The topological polar surface area (TPSA) is 46.1 Å². The number of hydrogen-bond acceptors (Lipinski definition) is 1. The van der Waals surface area contributed by atoms with Gasteiger partial charge in [0.1, 0.15) is 0 Å². The highest BCUT2D eigenvalue weighted by Crippen LogP contribution is 2.38. The molecule has 0 radical (unpaired) electrons. The standard InChI is InChI=1S/C18H29N3O/c1-13-12-15(14(2)21(13)17-8-9-17)10-11-19-18(22)20-16-6-4-3-5-7-16/h12,16-17H,3-11H2,1-2H3,(H2,19,20,22). The van der Waals surface area contributed by atoms with Crippen LogP contribution in [0.4, 0.5) is 4.79 Å². The van der Waals surface area contributed by atoms with Crippen molar-refractivity contribution in [3.05, 3.63) is 23.0 Å². The second-order valence-electron chi connectivity index (χ2n) is 6.98. The van der Waals surface area contributed by atoms with Gasteiger partial charge in [-0.25, -0.2) is 4.79 Å². The van der Waals surface area contributed by atoms with Gasteiger partial charge in [0.05, 0.1) is 0 Å². The van der Waals surface area contributed by atoms with E-state index in [0.29, 0.717) is 12.6 Å². The molecule has 2 N–H and O–H groups in total. The van der Waals surface area contributed by atoms with E-state index in [9.17, 15) is 4.79 Å². The Morgan fingerprint density at radius 2 is 1.91 bits per heavy atom. The molecule has 0 aromatic carbocycles. The molecule has 0 aliphatic heterocycles. The van der Waals surface area contributed by atoms with Crippen molar-refractivity contribution in [2.24, 2.45) is 0 Å². The normalized spacial score (nSPS) is 19.2. The smallest absolute Gasteiger partial charge is 0.315 e. The molecule has 1 heterocycles. The van der Waals surface area contributed by atoms with Crippen molar-refractivity contribution in [2.45, 2.75) is 77.3 Å². The zero-order chi connectivity index (χ0) is 15.5. The number of nitrogens with one attached hydrogen (secondary N) is 2. The van der Waals surface area contributed by atoms with Gasteiger partial charge in [-0.3, -0.25) is 0 Å². The van der Waals surface area contributed by atoms with Gasteiger partial charge in [-0.05, 0) is 57.6 Å². The summed E-state index contributed by atoms with van der Waals surface area (Å²) in [5.74, 6) is 0. The van der Waals surface area contributed by atoms with Gasteiger partial charge in [0.15, 0.2) is 0 Å². The summed E-state index contributed by atoms with van der Waals surface area (Å²) < 4.78 is 2.47. The van der Waals surface area contributed by atoms with Crippen LogP contribution in [-0.2, 0) is 6.42 Å². The third-order valence-corrected chi connectivity index (χ3v) is 5.12. The van der Waals surface area contributed by atoms with Crippen molar-refractivity contribution in [2.75, 3.05) is 6.54 Å². The molecule has 1 aromatic heterocycles. The molecule has 2 fully saturated rings. The zero-order valence-electron chi connectivity index (χ0n) is 14.0. The largest absolute Gasteiger partial charge is 0.346 e. The SMILES string of the molecule is Cc1cc(CCNC(=O)NC2CCCCC2)c(C)n1C1CC1. The van der Waals surface area contributed by atoms with Crippen LogP contribution >= 0.6 is 0 Å². The van der Waals surface area contributed by atoms with E-state index >= 15 is 0 Å². The number of amides is 2. The summed E-state index contributed by atoms with van der Waals surface area (Å²) in [5.41, 5.74) is 4.12. The summed E-state index contributed by atoms with van der Waals surface area (Å²) in [4.78, 5) is 11.9. The van der Waals surface area contributed by atoms with Crippen LogP contribution in [0, 0.1) is 13.8 Å². The Labute approximate surface area is 133 Å². The number of aryl methyl sites for hydroxylation is 1. The average molecular weight is 303 g/mol. The van der Waals surface area contributed by atoms with Gasteiger partial charge < -0.3 is 15.2 Å². The van der Waals surface area contributed by atoms with Crippen molar-refractivity contribution in [1.82, 2.24) is 15.2 Å². The molecule has 0 unspecified atom stereocenters. The lowest BCUT2D eigenvalue weighted by atomic mass is 9.96. The number of carbonyl (C=O) groups excluding carboxylic acids is 1. The van der Waals surface area contributed by atoms with Crippen LogP contribution in [0.3, 0.4) is 0 Å². The minimum atomic E-state index is 0.00269. The molecule has 22 heavy (non-hydrogen) atoms. The van der Waals surface area contributed by atoms with Crippen molar-refractivity contribution >= 4 is 6.03 Å². The van der Waals surface area contributed by atoms with Crippen molar-refractivity contribution in [1.29, 1.82) is 0 Å². The minimum absolute atomic E-state index is 0.00269. The predicted molar refractivity (Wildman–Crippen MR) is 89.3 cm³/mol. The third-order valence-electron chi connectivity index (χ3n) is 5.12.